The van der Waals surface area contributed by atoms with Crippen molar-refractivity contribution in [2.45, 2.75) is 25.5 Å². The van der Waals surface area contributed by atoms with Crippen molar-refractivity contribution in [3.05, 3.63) is 34.9 Å². The first kappa shape index (κ1) is 14.8. The number of amides is 1. The zero-order chi connectivity index (χ0) is 14.7. The zero-order valence-corrected chi connectivity index (χ0v) is 12.9. The van der Waals surface area contributed by atoms with Gasteiger partial charge < -0.3 is 14.5 Å². The van der Waals surface area contributed by atoms with Crippen molar-refractivity contribution < 1.29 is 14.4 Å². The number of nitrogens with one attached hydrogen (secondary N) is 1. The first-order valence-corrected chi connectivity index (χ1v) is 8.09. The Morgan fingerprint density at radius 3 is 2.76 bits per heavy atom. The first-order valence-electron chi connectivity index (χ1n) is 7.71. The molecule has 0 bridgehead atoms. The van der Waals surface area contributed by atoms with E-state index in [1.165, 1.54) is 10.5 Å². The van der Waals surface area contributed by atoms with Crippen LogP contribution >= 0.6 is 11.6 Å². The maximum atomic E-state index is 12.3. The lowest BCUT2D eigenvalue weighted by atomic mass is 10.1. The standard InChI is InChI=1S/C16H21ClN2O2/c17-14-5-2-1-4-13(14)12-18-7-9-19(10-8-18)16(20)15-6-3-11-21-15/h1-2,4-5,15H,3,6-12H2/p+1/t15-/m0/s1. The number of carbonyl (C=O) groups excluding carboxylic acids is 1. The molecule has 1 N–H and O–H groups in total. The minimum Gasteiger partial charge on any atom is -0.368 e. The smallest absolute Gasteiger partial charge is 0.252 e. The summed E-state index contributed by atoms with van der Waals surface area (Å²) in [5.41, 5.74) is 1.19. The van der Waals surface area contributed by atoms with Gasteiger partial charge in [-0.05, 0) is 18.9 Å². The number of hydrogen-bond donors (Lipinski definition) is 1. The van der Waals surface area contributed by atoms with Crippen LogP contribution < -0.4 is 4.90 Å². The highest BCUT2D eigenvalue weighted by Crippen LogP contribution is 2.15. The minimum atomic E-state index is -0.185. The monoisotopic (exact) mass is 309 g/mol. The molecular weight excluding hydrogens is 288 g/mol. The summed E-state index contributed by atoms with van der Waals surface area (Å²) in [6.07, 6.45) is 1.70. The number of nitrogens with zero attached hydrogens (tertiary/aromatic N) is 1. The molecule has 2 aliphatic rings. The minimum absolute atomic E-state index is 0.185. The van der Waals surface area contributed by atoms with Crippen molar-refractivity contribution in [3.63, 3.8) is 0 Å². The van der Waals surface area contributed by atoms with Gasteiger partial charge in [-0.25, -0.2) is 0 Å². The summed E-state index contributed by atoms with van der Waals surface area (Å²) < 4.78 is 5.49. The van der Waals surface area contributed by atoms with E-state index < -0.39 is 0 Å². The third kappa shape index (κ3) is 3.57. The van der Waals surface area contributed by atoms with Crippen LogP contribution in [0.1, 0.15) is 18.4 Å². The molecule has 0 radical (unpaired) electrons. The molecule has 0 aromatic heterocycles. The largest absolute Gasteiger partial charge is 0.368 e. The fourth-order valence-electron chi connectivity index (χ4n) is 3.11. The van der Waals surface area contributed by atoms with Crippen molar-refractivity contribution >= 4 is 17.5 Å². The molecule has 3 rings (SSSR count). The van der Waals surface area contributed by atoms with Gasteiger partial charge in [-0.3, -0.25) is 4.79 Å². The Bertz CT molecular complexity index is 495. The predicted molar refractivity (Wildman–Crippen MR) is 81.4 cm³/mol. The van der Waals surface area contributed by atoms with E-state index in [0.29, 0.717) is 0 Å². The van der Waals surface area contributed by atoms with Gasteiger partial charge >= 0.3 is 0 Å². The highest BCUT2D eigenvalue weighted by Gasteiger charge is 2.31. The topological polar surface area (TPSA) is 34.0 Å². The lowest BCUT2D eigenvalue weighted by molar-refractivity contribution is -0.917. The maximum Gasteiger partial charge on any atom is 0.252 e. The number of benzene rings is 1. The van der Waals surface area contributed by atoms with Crippen molar-refractivity contribution in [1.82, 2.24) is 4.90 Å². The Kier molecular flexibility index (Phi) is 4.78. The van der Waals surface area contributed by atoms with Gasteiger partial charge in [-0.15, -0.1) is 0 Å². The fourth-order valence-corrected chi connectivity index (χ4v) is 3.31. The summed E-state index contributed by atoms with van der Waals surface area (Å²) in [7, 11) is 0. The van der Waals surface area contributed by atoms with Gasteiger partial charge in [0, 0.05) is 17.2 Å². The second-order valence-corrected chi connectivity index (χ2v) is 6.25. The highest BCUT2D eigenvalue weighted by atomic mass is 35.5. The molecule has 0 aliphatic carbocycles. The van der Waals surface area contributed by atoms with Crippen LogP contribution in [-0.2, 0) is 16.1 Å². The van der Waals surface area contributed by atoms with Crippen LogP contribution in [0.2, 0.25) is 5.02 Å². The van der Waals surface area contributed by atoms with Crippen LogP contribution in [0.5, 0.6) is 0 Å². The van der Waals surface area contributed by atoms with Crippen molar-refractivity contribution in [2.24, 2.45) is 0 Å². The Labute approximate surface area is 130 Å². The van der Waals surface area contributed by atoms with Gasteiger partial charge in [0.1, 0.15) is 12.6 Å². The molecule has 21 heavy (non-hydrogen) atoms. The van der Waals surface area contributed by atoms with Crippen LogP contribution in [0.3, 0.4) is 0 Å². The summed E-state index contributed by atoms with van der Waals surface area (Å²) in [5.74, 6) is 0.185. The van der Waals surface area contributed by atoms with Crippen molar-refractivity contribution in [1.29, 1.82) is 0 Å². The van der Waals surface area contributed by atoms with Gasteiger partial charge in [0.15, 0.2) is 0 Å². The normalized spacial score (nSPS) is 23.5. The summed E-state index contributed by atoms with van der Waals surface area (Å²) in [4.78, 5) is 15.7. The molecule has 2 fully saturated rings. The van der Waals surface area contributed by atoms with Gasteiger partial charge in [-0.1, -0.05) is 29.8 Å². The van der Waals surface area contributed by atoms with Crippen molar-refractivity contribution in [3.8, 4) is 0 Å². The van der Waals surface area contributed by atoms with Gasteiger partial charge in [-0.2, -0.15) is 0 Å². The third-order valence-corrected chi connectivity index (χ3v) is 4.75. The molecule has 0 saturated carbocycles. The molecule has 0 unspecified atom stereocenters. The average Bonchev–Trinajstić information content (AvgIpc) is 3.04. The lowest BCUT2D eigenvalue weighted by Gasteiger charge is -2.33. The van der Waals surface area contributed by atoms with Gasteiger partial charge in [0.25, 0.3) is 5.91 Å². The predicted octanol–water partition coefficient (Wildman–Crippen LogP) is 0.746. The molecule has 1 aromatic carbocycles. The quantitative estimate of drug-likeness (QED) is 0.894. The number of quaternary nitrogens is 1. The number of rotatable bonds is 3. The Morgan fingerprint density at radius 1 is 1.33 bits per heavy atom. The maximum absolute atomic E-state index is 12.3. The number of piperazine rings is 1. The van der Waals surface area contributed by atoms with Crippen LogP contribution in [0, 0.1) is 0 Å². The second kappa shape index (κ2) is 6.77. The molecule has 2 aliphatic heterocycles. The number of carbonyl (C=O) groups is 1. The molecule has 114 valence electrons. The van der Waals surface area contributed by atoms with Crippen LogP contribution in [0.15, 0.2) is 24.3 Å². The molecule has 4 nitrogen and oxygen atoms in total. The van der Waals surface area contributed by atoms with Crippen molar-refractivity contribution in [2.75, 3.05) is 32.8 Å². The van der Waals surface area contributed by atoms with Crippen LogP contribution in [0.4, 0.5) is 0 Å². The van der Waals surface area contributed by atoms with E-state index >= 15 is 0 Å². The zero-order valence-electron chi connectivity index (χ0n) is 12.2. The Morgan fingerprint density at radius 2 is 2.10 bits per heavy atom. The number of ether oxygens (including phenoxy) is 1. The van der Waals surface area contributed by atoms with Gasteiger partial charge in [0.05, 0.1) is 26.2 Å². The van der Waals surface area contributed by atoms with Crippen LogP contribution in [-0.4, -0.2) is 49.7 Å². The molecular formula is C16H22ClN2O2+. The number of hydrogen-bond acceptors (Lipinski definition) is 2. The van der Waals surface area contributed by atoms with Gasteiger partial charge in [0.2, 0.25) is 0 Å². The molecule has 1 amide bonds. The van der Waals surface area contributed by atoms with E-state index in [9.17, 15) is 4.79 Å². The molecule has 0 spiro atoms. The summed E-state index contributed by atoms with van der Waals surface area (Å²) in [6, 6.07) is 8.00. The molecule has 1 atom stereocenters. The van der Waals surface area contributed by atoms with E-state index in [2.05, 4.69) is 6.07 Å². The summed E-state index contributed by atoms with van der Waals surface area (Å²) in [6.45, 7) is 5.25. The molecule has 1 aromatic rings. The van der Waals surface area contributed by atoms with Crippen LogP contribution in [0.25, 0.3) is 0 Å². The Balaban J connectivity index is 1.51. The SMILES string of the molecule is O=C([C@@H]1CCCO1)N1CC[NH+](Cc2ccccc2Cl)CC1. The fraction of sp³-hybridized carbons (Fsp3) is 0.562. The lowest BCUT2D eigenvalue weighted by Crippen LogP contribution is -3.13. The molecule has 2 heterocycles. The first-order chi connectivity index (χ1) is 10.2. The van der Waals surface area contributed by atoms with E-state index in [1.54, 1.807) is 0 Å². The highest BCUT2D eigenvalue weighted by molar-refractivity contribution is 6.31. The average molecular weight is 310 g/mol. The second-order valence-electron chi connectivity index (χ2n) is 5.85. The third-order valence-electron chi connectivity index (χ3n) is 4.39. The molecule has 5 heteroatoms. The molecule has 2 saturated heterocycles. The number of halogens is 1. The Hall–Kier alpha value is -1.10. The van der Waals surface area contributed by atoms with E-state index in [1.807, 2.05) is 23.1 Å². The van der Waals surface area contributed by atoms with E-state index in [4.69, 9.17) is 16.3 Å². The van der Waals surface area contributed by atoms with E-state index in [0.717, 1.165) is 57.2 Å². The summed E-state index contributed by atoms with van der Waals surface area (Å²) >= 11 is 6.21. The summed E-state index contributed by atoms with van der Waals surface area (Å²) in [5, 5.41) is 0.836. The van der Waals surface area contributed by atoms with E-state index in [-0.39, 0.29) is 12.0 Å².